The van der Waals surface area contributed by atoms with E-state index in [1.807, 2.05) is 76.2 Å². The molecule has 0 amide bonds. The lowest BCUT2D eigenvalue weighted by molar-refractivity contribution is -0.154. The first-order valence-corrected chi connectivity index (χ1v) is 17.7. The molecule has 2 aliphatic rings. The molecule has 1 fully saturated rings. The van der Waals surface area contributed by atoms with Crippen LogP contribution in [0.5, 0.6) is 0 Å². The Morgan fingerprint density at radius 1 is 0.929 bits per heavy atom. The molecule has 0 N–H and O–H groups in total. The molecule has 0 aromatic heterocycles. The highest BCUT2D eigenvalue weighted by Crippen LogP contribution is 2.43. The van der Waals surface area contributed by atoms with E-state index in [1.54, 1.807) is 0 Å². The van der Waals surface area contributed by atoms with E-state index in [0.717, 1.165) is 25.2 Å². The molecule has 2 atom stereocenters. The van der Waals surface area contributed by atoms with Crippen molar-refractivity contribution in [1.82, 2.24) is 0 Å². The van der Waals surface area contributed by atoms with Crippen molar-refractivity contribution < 1.29 is 14.3 Å². The number of rotatable bonds is 10. The number of Topliss-reactive ketones (excluding diaryl/α,β-unsaturated/α-hetero) is 1. The molecule has 252 valence electrons. The number of hydrogen-bond donors (Lipinski definition) is 0. The molecular weight excluding hydrogens is 516 g/mol. The van der Waals surface area contributed by atoms with Crippen LogP contribution in [-0.2, 0) is 14.3 Å². The van der Waals surface area contributed by atoms with Crippen molar-refractivity contribution in [3.8, 4) is 0 Å². The smallest absolute Gasteiger partial charge is 0.310 e. The van der Waals surface area contributed by atoms with Gasteiger partial charge in [-0.3, -0.25) is 9.59 Å². The predicted octanol–water partition coefficient (Wildman–Crippen LogP) is 12.8. The van der Waals surface area contributed by atoms with Gasteiger partial charge in [-0.1, -0.05) is 154 Å². The SMILES string of the molecule is CC.CC.CC.CC.CC1CC1.CCCC(=O)C1CC=C(C(C)(C)CC/C=C(\C)C(C)(C)C)CC1C(=O)OCC(C)C. The van der Waals surface area contributed by atoms with Crippen molar-refractivity contribution in [2.75, 3.05) is 6.61 Å². The largest absolute Gasteiger partial charge is 0.465 e. The van der Waals surface area contributed by atoms with Gasteiger partial charge in [0.25, 0.3) is 0 Å². The van der Waals surface area contributed by atoms with Crippen LogP contribution < -0.4 is 0 Å². The summed E-state index contributed by atoms with van der Waals surface area (Å²) in [5.74, 6) is 0.830. The third-order valence-electron chi connectivity index (χ3n) is 7.45. The fourth-order valence-corrected chi connectivity index (χ4v) is 4.12. The quantitative estimate of drug-likeness (QED) is 0.187. The zero-order valence-corrected chi connectivity index (χ0v) is 32.1. The minimum Gasteiger partial charge on any atom is -0.465 e. The van der Waals surface area contributed by atoms with E-state index >= 15 is 0 Å². The van der Waals surface area contributed by atoms with Crippen LogP contribution in [0.2, 0.25) is 0 Å². The van der Waals surface area contributed by atoms with Gasteiger partial charge in [-0.25, -0.2) is 0 Å². The fourth-order valence-electron chi connectivity index (χ4n) is 4.12. The Bertz CT molecular complexity index is 714. The highest BCUT2D eigenvalue weighted by molar-refractivity contribution is 5.87. The Balaban J connectivity index is -0.000000514. The summed E-state index contributed by atoms with van der Waals surface area (Å²) in [6, 6.07) is 0. The molecule has 0 saturated heterocycles. The van der Waals surface area contributed by atoms with Crippen LogP contribution in [-0.4, -0.2) is 18.4 Å². The lowest BCUT2D eigenvalue weighted by Crippen LogP contribution is -2.36. The van der Waals surface area contributed by atoms with Gasteiger partial charge in [-0.15, -0.1) is 0 Å². The van der Waals surface area contributed by atoms with Gasteiger partial charge in [0.2, 0.25) is 0 Å². The monoisotopic (exact) mass is 595 g/mol. The molecule has 0 aliphatic heterocycles. The van der Waals surface area contributed by atoms with Gasteiger partial charge in [0.15, 0.2) is 0 Å². The molecule has 2 rings (SSSR count). The first-order chi connectivity index (χ1) is 19.7. The molecule has 2 unspecified atom stereocenters. The van der Waals surface area contributed by atoms with Crippen molar-refractivity contribution in [1.29, 1.82) is 0 Å². The molecule has 1 saturated carbocycles. The maximum atomic E-state index is 12.9. The highest BCUT2D eigenvalue weighted by atomic mass is 16.5. The molecule has 0 spiro atoms. The normalized spacial score (nSPS) is 18.0. The third kappa shape index (κ3) is 22.2. The second-order valence-corrected chi connectivity index (χ2v) is 12.9. The Morgan fingerprint density at radius 3 is 1.79 bits per heavy atom. The van der Waals surface area contributed by atoms with E-state index < -0.39 is 0 Å². The number of ether oxygens (including phenoxy) is 1. The van der Waals surface area contributed by atoms with Crippen LogP contribution in [0.25, 0.3) is 0 Å². The summed E-state index contributed by atoms with van der Waals surface area (Å²) in [4.78, 5) is 25.6. The molecule has 3 heteroatoms. The predicted molar refractivity (Wildman–Crippen MR) is 190 cm³/mol. The fraction of sp³-hybridized carbons (Fsp3) is 0.846. The molecule has 2 aliphatic carbocycles. The average Bonchev–Trinajstić information content (AvgIpc) is 3.77. The zero-order chi connectivity index (χ0) is 34.1. The molecule has 0 heterocycles. The number of hydrogen-bond acceptors (Lipinski definition) is 3. The third-order valence-corrected chi connectivity index (χ3v) is 7.45. The summed E-state index contributed by atoms with van der Waals surface area (Å²) in [6.07, 6.45) is 12.3. The van der Waals surface area contributed by atoms with Gasteiger partial charge in [0.1, 0.15) is 5.78 Å². The Labute approximate surface area is 266 Å². The Hall–Kier alpha value is -1.38. The zero-order valence-electron chi connectivity index (χ0n) is 32.1. The number of carbonyl (C=O) groups is 2. The molecule has 0 aromatic rings. The van der Waals surface area contributed by atoms with Crippen LogP contribution in [0.15, 0.2) is 23.3 Å². The van der Waals surface area contributed by atoms with Crippen molar-refractivity contribution in [3.05, 3.63) is 23.3 Å². The lowest BCUT2D eigenvalue weighted by atomic mass is 9.68. The summed E-state index contributed by atoms with van der Waals surface area (Å²) < 4.78 is 5.58. The van der Waals surface area contributed by atoms with Crippen LogP contribution >= 0.6 is 0 Å². The first kappa shape index (κ1) is 47.5. The summed E-state index contributed by atoms with van der Waals surface area (Å²) in [6.45, 7) is 38.3. The highest BCUT2D eigenvalue weighted by Gasteiger charge is 2.39. The van der Waals surface area contributed by atoms with E-state index in [2.05, 4.69) is 60.6 Å². The van der Waals surface area contributed by atoms with Crippen LogP contribution in [0.1, 0.15) is 176 Å². The molecule has 0 bridgehead atoms. The first-order valence-electron chi connectivity index (χ1n) is 17.7. The van der Waals surface area contributed by atoms with E-state index in [4.69, 9.17) is 4.74 Å². The molecule has 0 aromatic carbocycles. The molecular formula is C39H78O3. The summed E-state index contributed by atoms with van der Waals surface area (Å²) in [5.41, 5.74) is 2.92. The second kappa shape index (κ2) is 27.2. The van der Waals surface area contributed by atoms with Crippen molar-refractivity contribution in [3.63, 3.8) is 0 Å². The van der Waals surface area contributed by atoms with Gasteiger partial charge in [0, 0.05) is 12.3 Å². The van der Waals surface area contributed by atoms with Crippen LogP contribution in [0.4, 0.5) is 0 Å². The van der Waals surface area contributed by atoms with E-state index in [0.29, 0.717) is 31.8 Å². The lowest BCUT2D eigenvalue weighted by Gasteiger charge is -2.36. The summed E-state index contributed by atoms with van der Waals surface area (Å²) in [7, 11) is 0. The van der Waals surface area contributed by atoms with E-state index in [9.17, 15) is 9.59 Å². The minimum atomic E-state index is -0.339. The van der Waals surface area contributed by atoms with Gasteiger partial charge < -0.3 is 4.74 Å². The van der Waals surface area contributed by atoms with E-state index in [1.165, 1.54) is 24.0 Å². The summed E-state index contributed by atoms with van der Waals surface area (Å²) >= 11 is 0. The van der Waals surface area contributed by atoms with Gasteiger partial charge >= 0.3 is 5.97 Å². The minimum absolute atomic E-state index is 0.00398. The number of carbonyl (C=O) groups excluding carboxylic acids is 2. The standard InChI is InChI=1S/C27H46O3.C4H8.4C2H6/c1-10-12-24(28)22-15-14-21(17-23(22)25(29)30-18-19(2)3)27(8,9)16-11-13-20(4)26(5,6)7;1-4-2-3-4;4*1-2/h13-14,19,22-23H,10-12,15-18H2,1-9H3;4H,2-3H2,1H3;4*1-2H3/b20-13+;;;;;. The van der Waals surface area contributed by atoms with Crippen LogP contribution in [0, 0.1) is 34.5 Å². The maximum absolute atomic E-state index is 12.9. The Kier molecular flexibility index (Phi) is 30.8. The topological polar surface area (TPSA) is 43.4 Å². The number of esters is 1. The number of ketones is 1. The van der Waals surface area contributed by atoms with Gasteiger partial charge in [-0.2, -0.15) is 0 Å². The Morgan fingerprint density at radius 2 is 1.40 bits per heavy atom. The van der Waals surface area contributed by atoms with E-state index in [-0.39, 0.29) is 34.4 Å². The second-order valence-electron chi connectivity index (χ2n) is 12.9. The van der Waals surface area contributed by atoms with Gasteiger partial charge in [0.05, 0.1) is 12.5 Å². The number of allylic oxidation sites excluding steroid dienone is 4. The van der Waals surface area contributed by atoms with Crippen LogP contribution in [0.3, 0.4) is 0 Å². The molecule has 0 radical (unpaired) electrons. The van der Waals surface area contributed by atoms with Crippen molar-refractivity contribution in [2.45, 2.75) is 176 Å². The van der Waals surface area contributed by atoms with Gasteiger partial charge in [-0.05, 0) is 61.7 Å². The maximum Gasteiger partial charge on any atom is 0.310 e. The van der Waals surface area contributed by atoms with Crippen molar-refractivity contribution in [2.24, 2.45) is 34.5 Å². The average molecular weight is 595 g/mol. The van der Waals surface area contributed by atoms with Crippen molar-refractivity contribution >= 4 is 11.8 Å². The molecule has 42 heavy (non-hydrogen) atoms. The molecule has 3 nitrogen and oxygen atoms in total. The summed E-state index contributed by atoms with van der Waals surface area (Å²) in [5, 5.41) is 0.